The van der Waals surface area contributed by atoms with E-state index in [2.05, 4.69) is 11.2 Å². The van der Waals surface area contributed by atoms with Crippen molar-refractivity contribution in [3.8, 4) is 0 Å². The molecule has 0 saturated carbocycles. The van der Waals surface area contributed by atoms with Crippen LogP contribution in [0.1, 0.15) is 27.1 Å². The Balaban J connectivity index is 1.96. The average molecular weight is 257 g/mol. The number of carbonyl (C=O) groups is 1. The van der Waals surface area contributed by atoms with Gasteiger partial charge in [0.25, 0.3) is 5.91 Å². The molecule has 1 aromatic carbocycles. The van der Waals surface area contributed by atoms with E-state index in [4.69, 9.17) is 0 Å². The summed E-state index contributed by atoms with van der Waals surface area (Å²) in [6.07, 6.45) is 0. The smallest absolute Gasteiger partial charge is 0.278 e. The first-order valence-electron chi connectivity index (χ1n) is 5.81. The highest BCUT2D eigenvalue weighted by atomic mass is 32.2. The Bertz CT molecular complexity index is 692. The summed E-state index contributed by atoms with van der Waals surface area (Å²) in [6.45, 7) is 1.97. The molecule has 18 heavy (non-hydrogen) atoms. The fraction of sp³-hybridized carbons (Fsp3) is 0.231. The molecule has 0 radical (unpaired) electrons. The standard InChI is InChI=1S/C13H11N3OS/c1-7-10-11(15(2)14-7)12(17)16-8-5-3-4-6-9(8)18-13(10)16/h3-6,13H,1-2H3. The van der Waals surface area contributed by atoms with Gasteiger partial charge in [-0.25, -0.2) is 0 Å². The molecule has 0 saturated heterocycles. The third-order valence-electron chi connectivity index (χ3n) is 3.53. The van der Waals surface area contributed by atoms with Crippen LogP contribution in [0.25, 0.3) is 0 Å². The molecule has 1 unspecified atom stereocenters. The van der Waals surface area contributed by atoms with Crippen LogP contribution in [0.15, 0.2) is 29.2 Å². The van der Waals surface area contributed by atoms with Gasteiger partial charge in [-0.05, 0) is 19.1 Å². The van der Waals surface area contributed by atoms with E-state index >= 15 is 0 Å². The summed E-state index contributed by atoms with van der Waals surface area (Å²) in [6, 6.07) is 8.06. The Morgan fingerprint density at radius 3 is 2.94 bits per heavy atom. The lowest BCUT2D eigenvalue weighted by Crippen LogP contribution is -2.25. The molecule has 90 valence electrons. The first-order valence-corrected chi connectivity index (χ1v) is 6.69. The summed E-state index contributed by atoms with van der Waals surface area (Å²) < 4.78 is 1.70. The highest BCUT2D eigenvalue weighted by molar-refractivity contribution is 8.00. The normalized spacial score (nSPS) is 20.0. The Kier molecular flexibility index (Phi) is 1.80. The molecule has 4 nitrogen and oxygen atoms in total. The van der Waals surface area contributed by atoms with Crippen molar-refractivity contribution in [1.82, 2.24) is 9.78 Å². The molecule has 4 rings (SSSR count). The number of hydrogen-bond acceptors (Lipinski definition) is 3. The van der Waals surface area contributed by atoms with Crippen molar-refractivity contribution in [1.29, 1.82) is 0 Å². The zero-order valence-electron chi connectivity index (χ0n) is 10.0. The monoisotopic (exact) mass is 257 g/mol. The summed E-state index contributed by atoms with van der Waals surface area (Å²) in [4.78, 5) is 15.6. The van der Waals surface area contributed by atoms with Gasteiger partial charge in [-0.15, -0.1) is 0 Å². The lowest BCUT2D eigenvalue weighted by Gasteiger charge is -2.16. The second kappa shape index (κ2) is 3.17. The van der Waals surface area contributed by atoms with E-state index in [1.165, 1.54) is 4.90 Å². The number of amides is 1. The van der Waals surface area contributed by atoms with E-state index in [-0.39, 0.29) is 11.3 Å². The number of hydrogen-bond donors (Lipinski definition) is 0. The van der Waals surface area contributed by atoms with Gasteiger partial charge in [0.1, 0.15) is 11.1 Å². The number of benzene rings is 1. The van der Waals surface area contributed by atoms with E-state index in [9.17, 15) is 4.79 Å². The predicted molar refractivity (Wildman–Crippen MR) is 69.8 cm³/mol. The molecule has 3 heterocycles. The second-order valence-corrected chi connectivity index (χ2v) is 5.71. The van der Waals surface area contributed by atoms with Crippen LogP contribution in [0, 0.1) is 6.92 Å². The number of nitrogens with zero attached hydrogens (tertiary/aromatic N) is 3. The summed E-state index contributed by atoms with van der Waals surface area (Å²) in [5.74, 6) is 0.0653. The van der Waals surface area contributed by atoms with E-state index < -0.39 is 0 Å². The van der Waals surface area contributed by atoms with E-state index in [1.54, 1.807) is 16.4 Å². The number of thioether (sulfide) groups is 1. The Morgan fingerprint density at radius 1 is 1.33 bits per heavy atom. The first-order chi connectivity index (χ1) is 8.68. The minimum Gasteiger partial charge on any atom is -0.289 e. The molecule has 2 aliphatic heterocycles. The van der Waals surface area contributed by atoms with Crippen molar-refractivity contribution in [3.63, 3.8) is 0 Å². The average Bonchev–Trinajstić information content (AvgIpc) is 2.93. The van der Waals surface area contributed by atoms with E-state index in [0.29, 0.717) is 0 Å². The van der Waals surface area contributed by atoms with Crippen LogP contribution >= 0.6 is 11.8 Å². The van der Waals surface area contributed by atoms with Gasteiger partial charge < -0.3 is 0 Å². The Labute approximate surface area is 109 Å². The number of anilines is 1. The molecule has 0 fully saturated rings. The van der Waals surface area contributed by atoms with Gasteiger partial charge in [-0.2, -0.15) is 5.10 Å². The molecule has 1 amide bonds. The van der Waals surface area contributed by atoms with Crippen molar-refractivity contribution in [2.45, 2.75) is 17.2 Å². The zero-order chi connectivity index (χ0) is 12.4. The Hall–Kier alpha value is -1.75. The molecule has 0 bridgehead atoms. The SMILES string of the molecule is Cc1nn(C)c2c1C1Sc3ccccc3N1C2=O. The van der Waals surface area contributed by atoms with E-state index in [1.807, 2.05) is 37.1 Å². The maximum absolute atomic E-state index is 12.5. The Morgan fingerprint density at radius 2 is 2.11 bits per heavy atom. The van der Waals surface area contributed by atoms with Gasteiger partial charge in [-0.3, -0.25) is 14.4 Å². The van der Waals surface area contributed by atoms with Crippen molar-refractivity contribution in [3.05, 3.63) is 41.2 Å². The topological polar surface area (TPSA) is 38.1 Å². The summed E-state index contributed by atoms with van der Waals surface area (Å²) in [5.41, 5.74) is 3.78. The largest absolute Gasteiger partial charge is 0.289 e. The van der Waals surface area contributed by atoms with Crippen molar-refractivity contribution < 1.29 is 4.79 Å². The second-order valence-electron chi connectivity index (χ2n) is 4.58. The molecule has 5 heteroatoms. The number of para-hydroxylation sites is 1. The third kappa shape index (κ3) is 1.03. The maximum atomic E-state index is 12.5. The fourth-order valence-electron chi connectivity index (χ4n) is 2.80. The number of aromatic nitrogens is 2. The predicted octanol–water partition coefficient (Wildman–Crippen LogP) is 2.49. The molecule has 2 aromatic rings. The van der Waals surface area contributed by atoms with Gasteiger partial charge >= 0.3 is 0 Å². The molecular formula is C13H11N3OS. The van der Waals surface area contributed by atoms with Gasteiger partial charge in [0.05, 0.1) is 11.4 Å². The molecule has 1 atom stereocenters. The van der Waals surface area contributed by atoms with E-state index in [0.717, 1.165) is 22.6 Å². The van der Waals surface area contributed by atoms with Crippen molar-refractivity contribution in [2.75, 3.05) is 4.90 Å². The van der Waals surface area contributed by atoms with Gasteiger partial charge in [0.2, 0.25) is 0 Å². The van der Waals surface area contributed by atoms with Crippen LogP contribution < -0.4 is 4.90 Å². The van der Waals surface area contributed by atoms with Crippen LogP contribution in [0.5, 0.6) is 0 Å². The van der Waals surface area contributed by atoms with Crippen molar-refractivity contribution in [2.24, 2.45) is 7.05 Å². The van der Waals surface area contributed by atoms with Crippen LogP contribution in [0.4, 0.5) is 5.69 Å². The van der Waals surface area contributed by atoms with Crippen LogP contribution in [-0.2, 0) is 7.05 Å². The molecule has 0 spiro atoms. The number of carbonyl (C=O) groups excluding carboxylic acids is 1. The third-order valence-corrected chi connectivity index (χ3v) is 4.80. The summed E-state index contributed by atoms with van der Waals surface area (Å²) in [5, 5.41) is 4.43. The minimum absolute atomic E-state index is 0.0653. The lowest BCUT2D eigenvalue weighted by molar-refractivity contribution is 0.0988. The highest BCUT2D eigenvalue weighted by Crippen LogP contribution is 2.56. The van der Waals surface area contributed by atoms with Crippen LogP contribution in [-0.4, -0.2) is 15.7 Å². The maximum Gasteiger partial charge on any atom is 0.278 e. The van der Waals surface area contributed by atoms with Crippen molar-refractivity contribution >= 4 is 23.4 Å². The van der Waals surface area contributed by atoms with Gasteiger partial charge in [0, 0.05) is 17.5 Å². The van der Waals surface area contributed by atoms with Crippen LogP contribution in [0.3, 0.4) is 0 Å². The lowest BCUT2D eigenvalue weighted by atomic mass is 10.2. The molecule has 1 aromatic heterocycles. The molecule has 0 aliphatic carbocycles. The molecular weight excluding hydrogens is 246 g/mol. The summed E-state index contributed by atoms with van der Waals surface area (Å²) >= 11 is 1.73. The zero-order valence-corrected chi connectivity index (χ0v) is 10.9. The number of rotatable bonds is 0. The quantitative estimate of drug-likeness (QED) is 0.727. The summed E-state index contributed by atoms with van der Waals surface area (Å²) in [7, 11) is 1.84. The minimum atomic E-state index is 0.0653. The fourth-order valence-corrected chi connectivity index (χ4v) is 4.20. The molecule has 0 N–H and O–H groups in total. The van der Waals surface area contributed by atoms with Gasteiger partial charge in [0.15, 0.2) is 0 Å². The molecule has 2 aliphatic rings. The highest BCUT2D eigenvalue weighted by Gasteiger charge is 2.47. The first kappa shape index (κ1) is 10.2. The number of aryl methyl sites for hydroxylation is 2. The number of fused-ring (bicyclic) bond motifs is 5. The van der Waals surface area contributed by atoms with Gasteiger partial charge in [-0.1, -0.05) is 23.9 Å². The van der Waals surface area contributed by atoms with Crippen LogP contribution in [0.2, 0.25) is 0 Å².